The summed E-state index contributed by atoms with van der Waals surface area (Å²) in [6.07, 6.45) is 0. The van der Waals surface area contributed by atoms with Crippen LogP contribution >= 0.6 is 11.8 Å². The van der Waals surface area contributed by atoms with Gasteiger partial charge in [-0.2, -0.15) is 5.26 Å². The molecule has 2 aromatic rings. The molecule has 0 fully saturated rings. The Balaban J connectivity index is 2.18. The summed E-state index contributed by atoms with van der Waals surface area (Å²) < 4.78 is 0. The Hall–Kier alpha value is -2.52. The number of hydrogen-bond donors (Lipinski definition) is 2. The van der Waals surface area contributed by atoms with Crippen molar-refractivity contribution in [2.24, 2.45) is 5.92 Å². The number of aryl methyl sites for hydroxylation is 1. The maximum Gasteiger partial charge on any atom is 0.261 e. The fourth-order valence-electron chi connectivity index (χ4n) is 1.89. The Morgan fingerprint density at radius 2 is 2.09 bits per heavy atom. The Labute approximate surface area is 138 Å². The minimum absolute atomic E-state index is 0.0702. The summed E-state index contributed by atoms with van der Waals surface area (Å²) in [6.45, 7) is 3.60. The van der Waals surface area contributed by atoms with Crippen LogP contribution < -0.4 is 10.9 Å². The molecule has 2 N–H and O–H groups in total. The lowest BCUT2D eigenvalue weighted by Crippen LogP contribution is -2.23. The molecule has 0 spiro atoms. The largest absolute Gasteiger partial charge is 0.326 e. The van der Waals surface area contributed by atoms with E-state index in [9.17, 15) is 9.59 Å². The molecule has 0 saturated carbocycles. The van der Waals surface area contributed by atoms with Crippen molar-refractivity contribution in [3.05, 3.63) is 58.0 Å². The van der Waals surface area contributed by atoms with E-state index in [0.717, 1.165) is 4.90 Å². The first-order chi connectivity index (χ1) is 11.0. The monoisotopic (exact) mass is 327 g/mol. The number of carbonyl (C=O) groups excluding carboxylic acids is 1. The number of nitrogens with one attached hydrogen (secondary N) is 2. The lowest BCUT2D eigenvalue weighted by molar-refractivity contribution is 0.102. The van der Waals surface area contributed by atoms with Crippen LogP contribution in [-0.4, -0.2) is 16.6 Å². The molecule has 0 aliphatic carbocycles. The Morgan fingerprint density at radius 3 is 2.78 bits per heavy atom. The van der Waals surface area contributed by atoms with E-state index in [-0.39, 0.29) is 11.5 Å². The lowest BCUT2D eigenvalue weighted by atomic mass is 10.2. The molecule has 0 bridgehead atoms. The van der Waals surface area contributed by atoms with Crippen molar-refractivity contribution >= 4 is 23.4 Å². The average molecular weight is 327 g/mol. The van der Waals surface area contributed by atoms with Crippen LogP contribution in [0.15, 0.2) is 46.1 Å². The minimum Gasteiger partial charge on any atom is -0.326 e. The standard InChI is InChI=1S/C17H17N3O2S/c1-11(9-18)10-23-15-6-4-3-5-14(15)20-17(22)13-8-7-12(2)19-16(13)21/h3-8,11H,10H2,1-2H3,(H,19,21)(H,20,22)/t11-/m0/s1. The lowest BCUT2D eigenvalue weighted by Gasteiger charge is -2.11. The van der Waals surface area contributed by atoms with E-state index >= 15 is 0 Å². The number of benzene rings is 1. The molecule has 0 radical (unpaired) electrons. The first-order valence-corrected chi connectivity index (χ1v) is 8.12. The van der Waals surface area contributed by atoms with E-state index in [1.165, 1.54) is 17.8 Å². The number of aromatic amines is 1. The zero-order valence-corrected chi connectivity index (χ0v) is 13.7. The summed E-state index contributed by atoms with van der Waals surface area (Å²) in [7, 11) is 0. The van der Waals surface area contributed by atoms with E-state index in [4.69, 9.17) is 5.26 Å². The van der Waals surface area contributed by atoms with Gasteiger partial charge in [-0.05, 0) is 38.1 Å². The van der Waals surface area contributed by atoms with Crippen molar-refractivity contribution in [2.75, 3.05) is 11.1 Å². The first kappa shape index (κ1) is 16.8. The van der Waals surface area contributed by atoms with Crippen molar-refractivity contribution in [1.29, 1.82) is 5.26 Å². The highest BCUT2D eigenvalue weighted by atomic mass is 32.2. The molecule has 0 aliphatic heterocycles. The molecule has 1 amide bonds. The van der Waals surface area contributed by atoms with Crippen molar-refractivity contribution in [3.63, 3.8) is 0 Å². The number of pyridine rings is 1. The molecule has 2 rings (SSSR count). The zero-order chi connectivity index (χ0) is 16.8. The molecular weight excluding hydrogens is 310 g/mol. The predicted molar refractivity (Wildman–Crippen MR) is 91.7 cm³/mol. The number of hydrogen-bond acceptors (Lipinski definition) is 4. The van der Waals surface area contributed by atoms with Gasteiger partial charge in [-0.25, -0.2) is 0 Å². The maximum atomic E-state index is 12.3. The number of H-pyrrole nitrogens is 1. The van der Waals surface area contributed by atoms with Gasteiger partial charge in [-0.1, -0.05) is 12.1 Å². The van der Waals surface area contributed by atoms with Crippen LogP contribution in [0.2, 0.25) is 0 Å². The van der Waals surface area contributed by atoms with Gasteiger partial charge >= 0.3 is 0 Å². The number of rotatable bonds is 5. The van der Waals surface area contributed by atoms with E-state index in [1.54, 1.807) is 19.1 Å². The van der Waals surface area contributed by atoms with E-state index in [0.29, 0.717) is 17.1 Å². The minimum atomic E-state index is -0.451. The van der Waals surface area contributed by atoms with Crippen molar-refractivity contribution in [1.82, 2.24) is 4.98 Å². The molecule has 6 heteroatoms. The molecule has 0 aliphatic rings. The Bertz CT molecular complexity index is 808. The van der Waals surface area contributed by atoms with E-state index < -0.39 is 11.5 Å². The second-order valence-electron chi connectivity index (χ2n) is 5.18. The highest BCUT2D eigenvalue weighted by molar-refractivity contribution is 7.99. The fraction of sp³-hybridized carbons (Fsp3) is 0.235. The molecule has 0 unspecified atom stereocenters. The number of amides is 1. The van der Waals surface area contributed by atoms with Crippen LogP contribution in [0.3, 0.4) is 0 Å². The summed E-state index contributed by atoms with van der Waals surface area (Å²) in [5.74, 6) is 0.102. The second-order valence-corrected chi connectivity index (χ2v) is 6.24. The summed E-state index contributed by atoms with van der Waals surface area (Å²) in [5, 5.41) is 11.6. The molecule has 118 valence electrons. The van der Waals surface area contributed by atoms with Crippen molar-refractivity contribution in [2.45, 2.75) is 18.7 Å². The number of anilines is 1. The van der Waals surface area contributed by atoms with E-state index in [1.807, 2.05) is 25.1 Å². The van der Waals surface area contributed by atoms with Gasteiger partial charge in [0.1, 0.15) is 5.56 Å². The summed E-state index contributed by atoms with van der Waals surface area (Å²) in [5.41, 5.74) is 0.993. The van der Waals surface area contributed by atoms with Gasteiger partial charge in [-0.3, -0.25) is 9.59 Å². The van der Waals surface area contributed by atoms with Crippen LogP contribution in [0.1, 0.15) is 23.0 Å². The smallest absolute Gasteiger partial charge is 0.261 e. The summed E-state index contributed by atoms with van der Waals surface area (Å²) >= 11 is 1.50. The maximum absolute atomic E-state index is 12.3. The summed E-state index contributed by atoms with van der Waals surface area (Å²) in [4.78, 5) is 27.6. The fourth-order valence-corrected chi connectivity index (χ4v) is 2.84. The molecule has 1 atom stereocenters. The third kappa shape index (κ3) is 4.47. The van der Waals surface area contributed by atoms with Gasteiger partial charge in [0.2, 0.25) is 0 Å². The molecule has 5 nitrogen and oxygen atoms in total. The number of carbonyl (C=O) groups is 1. The van der Waals surface area contributed by atoms with Crippen molar-refractivity contribution in [3.8, 4) is 6.07 Å². The SMILES string of the molecule is Cc1ccc(C(=O)Nc2ccccc2SC[C@@H](C)C#N)c(=O)[nH]1. The number of thioether (sulfide) groups is 1. The Morgan fingerprint density at radius 1 is 1.35 bits per heavy atom. The normalized spacial score (nSPS) is 11.5. The number of nitriles is 1. The van der Waals surface area contributed by atoms with Gasteiger partial charge in [0.05, 0.1) is 17.7 Å². The number of para-hydroxylation sites is 1. The Kier molecular flexibility index (Phi) is 5.61. The van der Waals surface area contributed by atoms with Crippen LogP contribution in [0.5, 0.6) is 0 Å². The van der Waals surface area contributed by atoms with Crippen molar-refractivity contribution < 1.29 is 4.79 Å². The van der Waals surface area contributed by atoms with Gasteiger partial charge in [-0.15, -0.1) is 11.8 Å². The third-order valence-electron chi connectivity index (χ3n) is 3.14. The zero-order valence-electron chi connectivity index (χ0n) is 12.9. The third-order valence-corrected chi connectivity index (χ3v) is 4.48. The van der Waals surface area contributed by atoms with Crippen LogP contribution in [0.25, 0.3) is 0 Å². The first-order valence-electron chi connectivity index (χ1n) is 7.14. The van der Waals surface area contributed by atoms with Gasteiger partial charge in [0.15, 0.2) is 0 Å². The van der Waals surface area contributed by atoms with Crippen LogP contribution in [-0.2, 0) is 0 Å². The predicted octanol–water partition coefficient (Wildman–Crippen LogP) is 3.19. The highest BCUT2D eigenvalue weighted by Gasteiger charge is 2.13. The number of nitrogens with zero attached hydrogens (tertiary/aromatic N) is 1. The van der Waals surface area contributed by atoms with Gasteiger partial charge in [0, 0.05) is 16.3 Å². The molecular formula is C17H17N3O2S. The summed E-state index contributed by atoms with van der Waals surface area (Å²) in [6, 6.07) is 12.7. The second kappa shape index (κ2) is 7.65. The molecule has 0 saturated heterocycles. The molecule has 1 heterocycles. The van der Waals surface area contributed by atoms with Crippen LogP contribution in [0.4, 0.5) is 5.69 Å². The highest BCUT2D eigenvalue weighted by Crippen LogP contribution is 2.28. The molecule has 23 heavy (non-hydrogen) atoms. The quantitative estimate of drug-likeness (QED) is 0.826. The van der Waals surface area contributed by atoms with Gasteiger partial charge < -0.3 is 10.3 Å². The van der Waals surface area contributed by atoms with Gasteiger partial charge in [0.25, 0.3) is 11.5 Å². The average Bonchev–Trinajstić information content (AvgIpc) is 2.53. The van der Waals surface area contributed by atoms with E-state index in [2.05, 4.69) is 16.4 Å². The topological polar surface area (TPSA) is 85.8 Å². The van der Waals surface area contributed by atoms with Crippen LogP contribution in [0, 0.1) is 24.2 Å². The number of aromatic nitrogens is 1. The molecule has 1 aromatic heterocycles. The molecule has 1 aromatic carbocycles.